The molecule has 4 aliphatic rings. The SMILES string of the molecule is CCN1C(=O)C(=Nc2cc3c(s2)C2=C(c4sc(N=C5SC(=C(C#N)C#N)N(CC)C5=O)cc4C2(C(=O)OCc2ccccc2)C(=O)OCc2ccccc2)C3(C(=O)OCc2ccccc2)C(=O)OCc2ccccc2)SC1=C(C#N)C#N. The van der Waals surface area contributed by atoms with E-state index in [2.05, 4.69) is 0 Å². The second-order valence-electron chi connectivity index (χ2n) is 18.1. The Morgan fingerprint density at radius 2 is 0.756 bits per heavy atom. The molecule has 18 nitrogen and oxygen atoms in total. The average molecular weight is 1160 g/mol. The summed E-state index contributed by atoms with van der Waals surface area (Å²) in [5.41, 5.74) is -4.79. The van der Waals surface area contributed by atoms with Crippen molar-refractivity contribution in [2.45, 2.75) is 51.1 Å². The zero-order valence-corrected chi connectivity index (χ0v) is 46.5. The van der Waals surface area contributed by atoms with Gasteiger partial charge in [0.1, 0.15) is 70.8 Å². The number of carbonyl (C=O) groups excluding carboxylic acids is 6. The highest BCUT2D eigenvalue weighted by Crippen LogP contribution is 2.69. The van der Waals surface area contributed by atoms with Crippen LogP contribution in [0.1, 0.15) is 57.0 Å². The first-order valence-electron chi connectivity index (χ1n) is 25.0. The maximum Gasteiger partial charge on any atom is 0.333 e. The molecule has 2 amide bonds. The molecule has 0 radical (unpaired) electrons. The van der Waals surface area contributed by atoms with Crippen molar-refractivity contribution in [3.63, 3.8) is 0 Å². The van der Waals surface area contributed by atoms with Gasteiger partial charge in [0.2, 0.25) is 10.8 Å². The van der Waals surface area contributed by atoms with E-state index in [1.165, 1.54) is 21.9 Å². The number of aliphatic imine (C=N–C) groups is 2. The van der Waals surface area contributed by atoms with E-state index in [4.69, 9.17) is 28.9 Å². The monoisotopic (exact) mass is 1160 g/mol. The highest BCUT2D eigenvalue weighted by Gasteiger charge is 2.72. The molecular weight excluding hydrogens is 1120 g/mol. The van der Waals surface area contributed by atoms with E-state index in [1.54, 1.807) is 135 Å². The highest BCUT2D eigenvalue weighted by atomic mass is 32.2. The first kappa shape index (κ1) is 55.6. The highest BCUT2D eigenvalue weighted by molar-refractivity contribution is 8.20. The minimum atomic E-state index is -2.74. The van der Waals surface area contributed by atoms with Gasteiger partial charge in [0.05, 0.1) is 0 Å². The number of thioether (sulfide) groups is 2. The van der Waals surface area contributed by atoms with Gasteiger partial charge in [-0.25, -0.2) is 9.98 Å². The largest absolute Gasteiger partial charge is 0.459 e. The summed E-state index contributed by atoms with van der Waals surface area (Å²) in [6, 6.07) is 44.5. The van der Waals surface area contributed by atoms with Gasteiger partial charge in [0.25, 0.3) is 11.8 Å². The van der Waals surface area contributed by atoms with Crippen LogP contribution in [0.15, 0.2) is 165 Å². The van der Waals surface area contributed by atoms with Crippen molar-refractivity contribution in [3.05, 3.63) is 198 Å². The van der Waals surface area contributed by atoms with Crippen LogP contribution in [-0.4, -0.2) is 68.7 Å². The molecule has 22 heteroatoms. The van der Waals surface area contributed by atoms with Crippen LogP contribution >= 0.6 is 46.2 Å². The number of amides is 2. The van der Waals surface area contributed by atoms with Crippen LogP contribution in [0.5, 0.6) is 0 Å². The molecule has 2 saturated heterocycles. The quantitative estimate of drug-likeness (QED) is 0.0377. The van der Waals surface area contributed by atoms with E-state index >= 15 is 19.2 Å². The van der Waals surface area contributed by atoms with E-state index in [1.807, 2.05) is 24.3 Å². The number of ether oxygens (including phenoxy) is 4. The van der Waals surface area contributed by atoms with Gasteiger partial charge in [-0.15, -0.1) is 22.7 Å². The number of esters is 4. The summed E-state index contributed by atoms with van der Waals surface area (Å²) in [7, 11) is 0. The molecule has 10 rings (SSSR count). The zero-order valence-electron chi connectivity index (χ0n) is 43.2. The Morgan fingerprint density at radius 3 is 1.01 bits per heavy atom. The molecule has 0 unspecified atom stereocenters. The predicted molar refractivity (Wildman–Crippen MR) is 304 cm³/mol. The van der Waals surface area contributed by atoms with Crippen molar-refractivity contribution in [2.24, 2.45) is 9.98 Å². The Labute approximate surface area is 485 Å². The summed E-state index contributed by atoms with van der Waals surface area (Å²) in [5.74, 6) is -6.12. The summed E-state index contributed by atoms with van der Waals surface area (Å²) < 4.78 is 24.9. The number of fused-ring (bicyclic) bond motifs is 4. The average Bonchev–Trinajstić information content (AvgIpc) is 1.58. The smallest absolute Gasteiger partial charge is 0.333 e. The maximum absolute atomic E-state index is 16.0. The Kier molecular flexibility index (Phi) is 16.0. The first-order valence-corrected chi connectivity index (χ1v) is 28.3. The first-order chi connectivity index (χ1) is 39.9. The fourth-order valence-corrected chi connectivity index (χ4v) is 14.3. The van der Waals surface area contributed by atoms with Crippen molar-refractivity contribution in [3.8, 4) is 24.3 Å². The van der Waals surface area contributed by atoms with Crippen molar-refractivity contribution in [1.82, 2.24) is 9.80 Å². The third-order valence-electron chi connectivity index (χ3n) is 13.4. The lowest BCUT2D eigenvalue weighted by molar-refractivity contribution is -0.165. The van der Waals surface area contributed by atoms with Crippen LogP contribution in [0, 0.1) is 45.3 Å². The predicted octanol–water partition coefficient (Wildman–Crippen LogP) is 9.96. The Morgan fingerprint density at radius 1 is 0.476 bits per heavy atom. The molecule has 82 heavy (non-hydrogen) atoms. The van der Waals surface area contributed by atoms with Crippen molar-refractivity contribution < 1.29 is 47.7 Å². The second-order valence-corrected chi connectivity index (χ2v) is 22.1. The number of hydrogen-bond acceptors (Lipinski definition) is 20. The van der Waals surface area contributed by atoms with Crippen molar-refractivity contribution in [2.75, 3.05) is 13.1 Å². The lowest BCUT2D eigenvalue weighted by Crippen LogP contribution is -2.45. The lowest BCUT2D eigenvalue weighted by atomic mass is 9.76. The van der Waals surface area contributed by atoms with Crippen LogP contribution in [0.3, 0.4) is 0 Å². The van der Waals surface area contributed by atoms with Crippen LogP contribution in [-0.2, 0) is 85.0 Å². The molecule has 2 fully saturated rings. The van der Waals surface area contributed by atoms with E-state index in [0.29, 0.717) is 22.3 Å². The van der Waals surface area contributed by atoms with Gasteiger partial charge in [0.15, 0.2) is 21.2 Å². The molecule has 0 spiro atoms. The summed E-state index contributed by atoms with van der Waals surface area (Å²) in [4.78, 5) is 104. The van der Waals surface area contributed by atoms with Crippen molar-refractivity contribution >= 4 is 113 Å². The van der Waals surface area contributed by atoms with Crippen LogP contribution in [0.2, 0.25) is 0 Å². The molecule has 0 bridgehead atoms. The zero-order chi connectivity index (χ0) is 57.7. The molecule has 2 aliphatic heterocycles. The number of allylic oxidation sites excluding steroid dienone is 2. The molecule has 2 aromatic heterocycles. The van der Waals surface area contributed by atoms with Gasteiger partial charge in [-0.2, -0.15) is 21.0 Å². The van der Waals surface area contributed by atoms with Crippen molar-refractivity contribution in [1.29, 1.82) is 21.0 Å². The number of nitrogens with zero attached hydrogens (tertiary/aromatic N) is 8. The Hall–Kier alpha value is -9.68. The number of nitriles is 4. The minimum absolute atomic E-state index is 0.0157. The van der Waals surface area contributed by atoms with Gasteiger partial charge < -0.3 is 18.9 Å². The van der Waals surface area contributed by atoms with Gasteiger partial charge in [0, 0.05) is 45.1 Å². The topological polar surface area (TPSA) is 266 Å². The lowest BCUT2D eigenvalue weighted by Gasteiger charge is -2.29. The molecular formula is C60H40N8O10S4. The molecule has 0 saturated carbocycles. The molecule has 4 aromatic carbocycles. The molecule has 0 N–H and O–H groups in total. The summed E-state index contributed by atoms with van der Waals surface area (Å²) in [6.07, 6.45) is 0. The molecule has 4 heterocycles. The van der Waals surface area contributed by atoms with E-state index in [0.717, 1.165) is 46.2 Å². The maximum atomic E-state index is 16.0. The summed E-state index contributed by atoms with van der Waals surface area (Å²) in [6.45, 7) is 1.90. The molecule has 6 aromatic rings. The second kappa shape index (κ2) is 23.6. The number of hydrogen-bond donors (Lipinski definition) is 0. The third-order valence-corrected chi connectivity index (χ3v) is 17.7. The number of benzene rings is 4. The number of rotatable bonds is 16. The summed E-state index contributed by atoms with van der Waals surface area (Å²) in [5, 5.41) is 39.1. The van der Waals surface area contributed by atoms with E-state index in [9.17, 15) is 30.6 Å². The number of thiophene rings is 2. The fraction of sp³-hybridized carbons (Fsp3) is 0.167. The van der Waals surface area contributed by atoms with Gasteiger partial charge in [-0.1, -0.05) is 121 Å². The standard InChI is InChI=1S/C60H40N8O10S4/c1-3-67-51(69)49(81-53(67)39(27-61)28-62)65-43-25-41-47(79-43)45-46(59(41,55(71)75-31-35-17-9-5-10-18-35)56(72)76-32-36-19-11-6-12-20-36)48-42(26-44(80-48)66-50-52(70)68(4-2)54(82-50)40(29-63)30-64)60(45,57(73)77-33-37-21-13-7-14-22-37)58(74)78-34-38-23-15-8-16-24-38/h5-26H,3-4,31-34H2,1-2H3. The molecule has 404 valence electrons. The number of carbonyl (C=O) groups is 6. The summed E-state index contributed by atoms with van der Waals surface area (Å²) >= 11 is 3.18. The minimum Gasteiger partial charge on any atom is -0.459 e. The van der Waals surface area contributed by atoms with Gasteiger partial charge in [-0.05, 0) is 71.8 Å². The molecule has 2 aliphatic carbocycles. The van der Waals surface area contributed by atoms with Crippen LogP contribution in [0.25, 0.3) is 11.1 Å². The third kappa shape index (κ3) is 9.73. The van der Waals surface area contributed by atoms with Gasteiger partial charge in [-0.3, -0.25) is 38.6 Å². The molecule has 0 atom stereocenters. The van der Waals surface area contributed by atoms with Gasteiger partial charge >= 0.3 is 23.9 Å². The van der Waals surface area contributed by atoms with E-state index < -0.39 is 46.5 Å². The Balaban J connectivity index is 1.27. The Bertz CT molecular complexity index is 3590. The van der Waals surface area contributed by atoms with Crippen LogP contribution in [0.4, 0.5) is 10.0 Å². The van der Waals surface area contributed by atoms with E-state index in [-0.39, 0.29) is 113 Å². The van der Waals surface area contributed by atoms with Crippen LogP contribution < -0.4 is 0 Å². The fourth-order valence-electron chi connectivity index (χ4n) is 9.67. The normalized spacial score (nSPS) is 16.2.